The topological polar surface area (TPSA) is 42.4 Å². The van der Waals surface area contributed by atoms with Gasteiger partial charge in [0.15, 0.2) is 0 Å². The first kappa shape index (κ1) is 20.6. The average Bonchev–Trinajstić information content (AvgIpc) is 3.14. The molecule has 146 valence electrons. The summed E-state index contributed by atoms with van der Waals surface area (Å²) in [6, 6.07) is 13.5. The van der Waals surface area contributed by atoms with Gasteiger partial charge in [-0.25, -0.2) is 4.98 Å². The summed E-state index contributed by atoms with van der Waals surface area (Å²) in [5.74, 6) is 0.891. The zero-order chi connectivity index (χ0) is 20.1. The fraction of sp³-hybridized carbons (Fsp3) is 0.273. The van der Waals surface area contributed by atoms with E-state index in [1.54, 1.807) is 16.2 Å². The van der Waals surface area contributed by atoms with Crippen LogP contribution >= 0.6 is 27.3 Å². The minimum Gasteiger partial charge on any atom is -0.486 e. The lowest BCUT2D eigenvalue weighted by Crippen LogP contribution is -2.30. The fourth-order valence-corrected chi connectivity index (χ4v) is 3.93. The molecular formula is C22H23BrN2O2S. The van der Waals surface area contributed by atoms with Crippen LogP contribution in [0.1, 0.15) is 39.1 Å². The highest BCUT2D eigenvalue weighted by molar-refractivity contribution is 9.10. The Labute approximate surface area is 178 Å². The number of ether oxygens (including phenoxy) is 1. The van der Waals surface area contributed by atoms with E-state index in [0.29, 0.717) is 25.3 Å². The van der Waals surface area contributed by atoms with Gasteiger partial charge in [-0.3, -0.25) is 4.79 Å². The quantitative estimate of drug-likeness (QED) is 0.451. The predicted octanol–water partition coefficient (Wildman–Crippen LogP) is 5.76. The first-order valence-electron chi connectivity index (χ1n) is 9.15. The molecule has 0 aliphatic rings. The highest BCUT2D eigenvalue weighted by Gasteiger charge is 2.16. The van der Waals surface area contributed by atoms with Crippen LogP contribution < -0.4 is 4.74 Å². The molecule has 0 fully saturated rings. The van der Waals surface area contributed by atoms with Crippen molar-refractivity contribution in [2.45, 2.75) is 33.9 Å². The van der Waals surface area contributed by atoms with Gasteiger partial charge >= 0.3 is 0 Å². The molecule has 3 aromatic rings. The Morgan fingerprint density at radius 1 is 1.21 bits per heavy atom. The Balaban J connectivity index is 1.64. The van der Waals surface area contributed by atoms with Crippen LogP contribution in [0.3, 0.4) is 0 Å². The van der Waals surface area contributed by atoms with E-state index in [-0.39, 0.29) is 5.91 Å². The number of hydrogen-bond donors (Lipinski definition) is 0. The third-order valence-corrected chi connectivity index (χ3v) is 5.96. The first-order chi connectivity index (χ1) is 13.5. The number of carbonyl (C=O) groups is 1. The summed E-state index contributed by atoms with van der Waals surface area (Å²) >= 11 is 4.98. The lowest BCUT2D eigenvalue weighted by Gasteiger charge is -2.20. The lowest BCUT2D eigenvalue weighted by molar-refractivity contribution is 0.0750. The molecule has 0 atom stereocenters. The van der Waals surface area contributed by atoms with Crippen molar-refractivity contribution in [2.75, 3.05) is 6.54 Å². The molecule has 0 spiro atoms. The Hall–Kier alpha value is -2.18. The van der Waals surface area contributed by atoms with Gasteiger partial charge in [0.25, 0.3) is 5.91 Å². The number of benzene rings is 2. The van der Waals surface area contributed by atoms with Gasteiger partial charge in [-0.2, -0.15) is 0 Å². The molecule has 6 heteroatoms. The summed E-state index contributed by atoms with van der Waals surface area (Å²) in [5.41, 5.74) is 3.91. The second-order valence-corrected chi connectivity index (χ2v) is 8.41. The summed E-state index contributed by atoms with van der Waals surface area (Å²) in [7, 11) is 0. The van der Waals surface area contributed by atoms with E-state index in [4.69, 9.17) is 4.74 Å². The molecule has 0 N–H and O–H groups in total. The molecule has 0 aliphatic heterocycles. The molecule has 0 saturated heterocycles. The normalized spacial score (nSPS) is 10.7. The number of rotatable bonds is 7. The van der Waals surface area contributed by atoms with E-state index in [0.717, 1.165) is 26.5 Å². The number of aryl methyl sites for hydroxylation is 1. The Kier molecular flexibility index (Phi) is 6.86. The van der Waals surface area contributed by atoms with Crippen LogP contribution in [-0.4, -0.2) is 22.3 Å². The van der Waals surface area contributed by atoms with Gasteiger partial charge < -0.3 is 9.64 Å². The van der Waals surface area contributed by atoms with E-state index in [1.165, 1.54) is 5.56 Å². The summed E-state index contributed by atoms with van der Waals surface area (Å²) in [4.78, 5) is 19.2. The van der Waals surface area contributed by atoms with Crippen molar-refractivity contribution in [3.8, 4) is 5.75 Å². The Bertz CT molecular complexity index is 971. The van der Waals surface area contributed by atoms with Crippen molar-refractivity contribution in [3.05, 3.63) is 79.7 Å². The van der Waals surface area contributed by atoms with Crippen LogP contribution in [0.5, 0.6) is 5.75 Å². The van der Waals surface area contributed by atoms with Crippen LogP contribution in [0.15, 0.2) is 52.3 Å². The van der Waals surface area contributed by atoms with Crippen LogP contribution in [-0.2, 0) is 13.2 Å². The van der Waals surface area contributed by atoms with Gasteiger partial charge in [-0.15, -0.1) is 11.3 Å². The molecule has 0 bridgehead atoms. The summed E-state index contributed by atoms with van der Waals surface area (Å²) in [5, 5.41) is 2.90. The number of halogens is 1. The monoisotopic (exact) mass is 458 g/mol. The van der Waals surface area contributed by atoms with Gasteiger partial charge in [-0.1, -0.05) is 34.1 Å². The number of aromatic nitrogens is 1. The van der Waals surface area contributed by atoms with Crippen molar-refractivity contribution >= 4 is 33.2 Å². The highest BCUT2D eigenvalue weighted by Crippen LogP contribution is 2.23. The van der Waals surface area contributed by atoms with Crippen molar-refractivity contribution in [3.63, 3.8) is 0 Å². The molecule has 3 rings (SSSR count). The van der Waals surface area contributed by atoms with Crippen molar-refractivity contribution in [1.29, 1.82) is 0 Å². The van der Waals surface area contributed by atoms with E-state index in [2.05, 4.69) is 40.8 Å². The van der Waals surface area contributed by atoms with Crippen LogP contribution in [0.2, 0.25) is 0 Å². The van der Waals surface area contributed by atoms with Crippen LogP contribution in [0, 0.1) is 13.8 Å². The molecule has 1 amide bonds. The Morgan fingerprint density at radius 3 is 2.75 bits per heavy atom. The molecule has 4 nitrogen and oxygen atoms in total. The largest absolute Gasteiger partial charge is 0.486 e. The molecule has 28 heavy (non-hydrogen) atoms. The third kappa shape index (κ3) is 5.00. The predicted molar refractivity (Wildman–Crippen MR) is 117 cm³/mol. The van der Waals surface area contributed by atoms with E-state index in [1.807, 2.05) is 48.7 Å². The van der Waals surface area contributed by atoms with Crippen LogP contribution in [0.4, 0.5) is 0 Å². The third-order valence-electron chi connectivity index (χ3n) is 4.60. The van der Waals surface area contributed by atoms with Crippen molar-refractivity contribution in [2.24, 2.45) is 0 Å². The number of nitrogens with zero attached hydrogens (tertiary/aromatic N) is 2. The average molecular weight is 459 g/mol. The van der Waals surface area contributed by atoms with E-state index in [9.17, 15) is 4.79 Å². The van der Waals surface area contributed by atoms with Gasteiger partial charge in [0, 0.05) is 22.0 Å². The fourth-order valence-electron chi connectivity index (χ4n) is 2.83. The number of thiazole rings is 1. The second-order valence-electron chi connectivity index (χ2n) is 6.55. The molecule has 1 aromatic heterocycles. The maximum absolute atomic E-state index is 12.8. The molecule has 2 aromatic carbocycles. The smallest absolute Gasteiger partial charge is 0.254 e. The van der Waals surface area contributed by atoms with E-state index >= 15 is 0 Å². The molecule has 0 saturated carbocycles. The Morgan fingerprint density at radius 2 is 2.00 bits per heavy atom. The van der Waals surface area contributed by atoms with Crippen LogP contribution in [0.25, 0.3) is 0 Å². The summed E-state index contributed by atoms with van der Waals surface area (Å²) < 4.78 is 6.84. The SMILES string of the molecule is CCN(Cc1csc(COc2cccc(C)c2C)n1)C(=O)c1cccc(Br)c1. The van der Waals surface area contributed by atoms with Gasteiger partial charge in [0.1, 0.15) is 17.4 Å². The van der Waals surface area contributed by atoms with E-state index < -0.39 is 0 Å². The number of hydrogen-bond acceptors (Lipinski definition) is 4. The first-order valence-corrected chi connectivity index (χ1v) is 10.8. The second kappa shape index (κ2) is 9.34. The molecule has 0 unspecified atom stereocenters. The zero-order valence-corrected chi connectivity index (χ0v) is 18.6. The standard InChI is InChI=1S/C22H23BrN2O2S/c1-4-25(22(26)17-8-6-9-18(23)11-17)12-19-14-28-21(24-19)13-27-20-10-5-7-15(2)16(20)3/h5-11,14H,4,12-13H2,1-3H3. The number of amides is 1. The maximum Gasteiger partial charge on any atom is 0.254 e. The minimum atomic E-state index is 0.00462. The molecule has 0 aliphatic carbocycles. The molecule has 1 heterocycles. The summed E-state index contributed by atoms with van der Waals surface area (Å²) in [6.07, 6.45) is 0. The highest BCUT2D eigenvalue weighted by atomic mass is 79.9. The maximum atomic E-state index is 12.8. The summed E-state index contributed by atoms with van der Waals surface area (Å²) in [6.45, 7) is 7.66. The van der Waals surface area contributed by atoms with Gasteiger partial charge in [-0.05, 0) is 56.2 Å². The zero-order valence-electron chi connectivity index (χ0n) is 16.2. The molecular weight excluding hydrogens is 436 g/mol. The number of carbonyl (C=O) groups excluding carboxylic acids is 1. The van der Waals surface area contributed by atoms with Crippen molar-refractivity contribution in [1.82, 2.24) is 9.88 Å². The molecule has 0 radical (unpaired) electrons. The van der Waals surface area contributed by atoms with Crippen molar-refractivity contribution < 1.29 is 9.53 Å². The van der Waals surface area contributed by atoms with Gasteiger partial charge in [0.05, 0.1) is 12.2 Å². The lowest BCUT2D eigenvalue weighted by atomic mass is 10.1. The minimum absolute atomic E-state index is 0.00462. The van der Waals surface area contributed by atoms with Gasteiger partial charge in [0.2, 0.25) is 0 Å².